The van der Waals surface area contributed by atoms with Gasteiger partial charge in [0.05, 0.1) is 13.7 Å². The number of methoxy groups -OCH3 is 1. The molecule has 1 unspecified atom stereocenters. The Bertz CT molecular complexity index is 522. The largest absolute Gasteiger partial charge is 0.496 e. The minimum Gasteiger partial charge on any atom is -0.496 e. The molecule has 0 radical (unpaired) electrons. The van der Waals surface area contributed by atoms with E-state index in [0.717, 1.165) is 12.0 Å². The highest BCUT2D eigenvalue weighted by Crippen LogP contribution is 2.22. The summed E-state index contributed by atoms with van der Waals surface area (Å²) in [6.07, 6.45) is 1.20. The van der Waals surface area contributed by atoms with E-state index in [-0.39, 0.29) is 19.0 Å². The van der Waals surface area contributed by atoms with Crippen LogP contribution < -0.4 is 15.4 Å². The molecule has 1 atom stereocenters. The predicted octanol–water partition coefficient (Wildman–Crippen LogP) is 1.81. The average Bonchev–Trinajstić information content (AvgIpc) is 2.49. The summed E-state index contributed by atoms with van der Waals surface area (Å²) in [5.41, 5.74) is 0.756. The molecule has 0 bridgehead atoms. The van der Waals surface area contributed by atoms with Crippen molar-refractivity contribution in [1.82, 2.24) is 10.6 Å². The van der Waals surface area contributed by atoms with Crippen molar-refractivity contribution in [3.05, 3.63) is 28.8 Å². The van der Waals surface area contributed by atoms with Crippen molar-refractivity contribution >= 4 is 23.5 Å². The quantitative estimate of drug-likeness (QED) is 0.643. The Morgan fingerprint density at radius 1 is 1.41 bits per heavy atom. The molecule has 0 spiro atoms. The van der Waals surface area contributed by atoms with Crippen molar-refractivity contribution in [3.63, 3.8) is 0 Å². The summed E-state index contributed by atoms with van der Waals surface area (Å²) in [6.45, 7) is 2.10. The van der Waals surface area contributed by atoms with Crippen LogP contribution in [0.4, 0.5) is 0 Å². The third kappa shape index (κ3) is 5.91. The topological polar surface area (TPSA) is 87.7 Å². The molecule has 7 heteroatoms. The van der Waals surface area contributed by atoms with E-state index in [1.165, 1.54) is 0 Å². The lowest BCUT2D eigenvalue weighted by atomic mass is 10.1. The van der Waals surface area contributed by atoms with E-state index in [4.69, 9.17) is 21.4 Å². The van der Waals surface area contributed by atoms with Crippen LogP contribution in [0.25, 0.3) is 0 Å². The number of carbonyl (C=O) groups excluding carboxylic acids is 1. The standard InChI is InChI=1S/C15H21ClN2O4/c1-3-4-12(15(20)21)17-9-14(19)18-8-10-7-11(16)5-6-13(10)22-2/h5-7,12,17H,3-4,8-9H2,1-2H3,(H,18,19)(H,20,21). The Labute approximate surface area is 134 Å². The van der Waals surface area contributed by atoms with Crippen LogP contribution in [0, 0.1) is 0 Å². The SMILES string of the molecule is CCCC(NCC(=O)NCc1cc(Cl)ccc1OC)C(=O)O. The summed E-state index contributed by atoms with van der Waals surface area (Å²) in [5, 5.41) is 15.0. The third-order valence-electron chi connectivity index (χ3n) is 3.10. The van der Waals surface area contributed by atoms with Gasteiger partial charge in [0.2, 0.25) is 5.91 Å². The van der Waals surface area contributed by atoms with Crippen LogP contribution in [0.2, 0.25) is 5.02 Å². The van der Waals surface area contributed by atoms with Gasteiger partial charge in [0.25, 0.3) is 0 Å². The number of carboxylic acid groups (broad SMARTS) is 1. The van der Waals surface area contributed by atoms with Gasteiger partial charge in [-0.25, -0.2) is 0 Å². The van der Waals surface area contributed by atoms with Crippen LogP contribution in [0.15, 0.2) is 18.2 Å². The maximum absolute atomic E-state index is 11.8. The van der Waals surface area contributed by atoms with E-state index in [1.54, 1.807) is 25.3 Å². The summed E-state index contributed by atoms with van der Waals surface area (Å²) in [5.74, 6) is -0.609. The first-order valence-electron chi connectivity index (χ1n) is 7.03. The summed E-state index contributed by atoms with van der Waals surface area (Å²) in [6, 6.07) is 4.43. The van der Waals surface area contributed by atoms with Crippen molar-refractivity contribution in [2.45, 2.75) is 32.4 Å². The number of amides is 1. The van der Waals surface area contributed by atoms with E-state index in [1.807, 2.05) is 6.92 Å². The highest BCUT2D eigenvalue weighted by atomic mass is 35.5. The Balaban J connectivity index is 2.49. The maximum atomic E-state index is 11.8. The molecule has 0 aliphatic heterocycles. The predicted molar refractivity (Wildman–Crippen MR) is 84.2 cm³/mol. The van der Waals surface area contributed by atoms with Gasteiger partial charge in [-0.2, -0.15) is 0 Å². The molecule has 0 heterocycles. The summed E-state index contributed by atoms with van der Waals surface area (Å²) >= 11 is 5.92. The fourth-order valence-electron chi connectivity index (χ4n) is 1.96. The van der Waals surface area contributed by atoms with Crippen molar-refractivity contribution in [2.24, 2.45) is 0 Å². The lowest BCUT2D eigenvalue weighted by molar-refractivity contribution is -0.139. The molecule has 1 aromatic carbocycles. The molecule has 0 fully saturated rings. The zero-order valence-corrected chi connectivity index (χ0v) is 13.4. The highest BCUT2D eigenvalue weighted by Gasteiger charge is 2.16. The number of carbonyl (C=O) groups is 2. The van der Waals surface area contributed by atoms with Crippen LogP contribution in [-0.2, 0) is 16.1 Å². The van der Waals surface area contributed by atoms with E-state index >= 15 is 0 Å². The van der Waals surface area contributed by atoms with E-state index < -0.39 is 12.0 Å². The van der Waals surface area contributed by atoms with Gasteiger partial charge in [-0.1, -0.05) is 24.9 Å². The minimum absolute atomic E-state index is 0.0557. The summed E-state index contributed by atoms with van der Waals surface area (Å²) in [4.78, 5) is 22.8. The molecule has 0 aliphatic rings. The molecule has 0 saturated heterocycles. The summed E-state index contributed by atoms with van der Waals surface area (Å²) in [7, 11) is 1.54. The van der Waals surface area contributed by atoms with Crippen LogP contribution in [0.3, 0.4) is 0 Å². The normalized spacial score (nSPS) is 11.8. The second-order valence-corrected chi connectivity index (χ2v) is 5.23. The Hall–Kier alpha value is -1.79. The van der Waals surface area contributed by atoms with Gasteiger partial charge in [-0.3, -0.25) is 14.9 Å². The zero-order chi connectivity index (χ0) is 16.5. The molecular weight excluding hydrogens is 308 g/mol. The average molecular weight is 329 g/mol. The minimum atomic E-state index is -0.953. The smallest absolute Gasteiger partial charge is 0.320 e. The van der Waals surface area contributed by atoms with Crippen molar-refractivity contribution in [1.29, 1.82) is 0 Å². The number of benzene rings is 1. The lowest BCUT2D eigenvalue weighted by Gasteiger charge is -2.14. The Morgan fingerprint density at radius 2 is 2.14 bits per heavy atom. The van der Waals surface area contributed by atoms with Gasteiger partial charge >= 0.3 is 5.97 Å². The molecule has 1 aromatic rings. The number of halogens is 1. The van der Waals surface area contributed by atoms with Crippen LogP contribution >= 0.6 is 11.6 Å². The van der Waals surface area contributed by atoms with Crippen LogP contribution in [0.1, 0.15) is 25.3 Å². The fraction of sp³-hybridized carbons (Fsp3) is 0.467. The fourth-order valence-corrected chi connectivity index (χ4v) is 2.15. The van der Waals surface area contributed by atoms with Gasteiger partial charge in [-0.15, -0.1) is 0 Å². The van der Waals surface area contributed by atoms with E-state index in [9.17, 15) is 9.59 Å². The zero-order valence-electron chi connectivity index (χ0n) is 12.7. The molecule has 0 saturated carbocycles. The number of rotatable bonds is 9. The second kappa shape index (κ2) is 9.27. The van der Waals surface area contributed by atoms with Crippen molar-refractivity contribution in [3.8, 4) is 5.75 Å². The summed E-state index contributed by atoms with van der Waals surface area (Å²) < 4.78 is 5.19. The van der Waals surface area contributed by atoms with Gasteiger partial charge in [0.15, 0.2) is 0 Å². The number of hydrogen-bond donors (Lipinski definition) is 3. The van der Waals surface area contributed by atoms with E-state index in [2.05, 4.69) is 10.6 Å². The first-order valence-corrected chi connectivity index (χ1v) is 7.41. The Kier molecular flexibility index (Phi) is 7.70. The number of aliphatic carboxylic acids is 1. The number of ether oxygens (including phenoxy) is 1. The highest BCUT2D eigenvalue weighted by molar-refractivity contribution is 6.30. The molecule has 3 N–H and O–H groups in total. The monoisotopic (exact) mass is 328 g/mol. The maximum Gasteiger partial charge on any atom is 0.320 e. The number of nitrogens with one attached hydrogen (secondary N) is 2. The molecule has 0 aliphatic carbocycles. The molecule has 122 valence electrons. The molecule has 6 nitrogen and oxygen atoms in total. The van der Waals surface area contributed by atoms with Gasteiger partial charge < -0.3 is 15.2 Å². The molecule has 1 rings (SSSR count). The van der Waals surface area contributed by atoms with Crippen molar-refractivity contribution in [2.75, 3.05) is 13.7 Å². The van der Waals surface area contributed by atoms with Crippen molar-refractivity contribution < 1.29 is 19.4 Å². The van der Waals surface area contributed by atoms with E-state index in [0.29, 0.717) is 17.2 Å². The van der Waals surface area contributed by atoms with Crippen LogP contribution in [-0.4, -0.2) is 36.7 Å². The first-order chi connectivity index (χ1) is 10.5. The van der Waals surface area contributed by atoms with Gasteiger partial charge in [0.1, 0.15) is 11.8 Å². The number of carboxylic acids is 1. The first kappa shape index (κ1) is 18.3. The number of hydrogen-bond acceptors (Lipinski definition) is 4. The molecule has 0 aromatic heterocycles. The molecule has 1 amide bonds. The molecular formula is C15H21ClN2O4. The second-order valence-electron chi connectivity index (χ2n) is 4.79. The Morgan fingerprint density at radius 3 is 2.73 bits per heavy atom. The van der Waals surface area contributed by atoms with Gasteiger partial charge in [0, 0.05) is 17.1 Å². The third-order valence-corrected chi connectivity index (χ3v) is 3.34. The lowest BCUT2D eigenvalue weighted by Crippen LogP contribution is -2.42. The molecule has 22 heavy (non-hydrogen) atoms. The van der Waals surface area contributed by atoms with Gasteiger partial charge in [-0.05, 0) is 24.6 Å². The van der Waals surface area contributed by atoms with Crippen LogP contribution in [0.5, 0.6) is 5.75 Å².